The number of carbonyl (C=O) groups is 2. The summed E-state index contributed by atoms with van der Waals surface area (Å²) in [5.41, 5.74) is 1.19. The van der Waals surface area contributed by atoms with Crippen LogP contribution in [0.15, 0.2) is 89.8 Å². The Morgan fingerprint density at radius 1 is 0.771 bits per heavy atom. The summed E-state index contributed by atoms with van der Waals surface area (Å²) in [7, 11) is -3.61. The van der Waals surface area contributed by atoms with Gasteiger partial charge in [-0.05, 0) is 29.8 Å². The number of rotatable bonds is 8. The lowest BCUT2D eigenvalue weighted by molar-refractivity contribution is -0.135. The van der Waals surface area contributed by atoms with Crippen LogP contribution in [0.4, 0.5) is 0 Å². The monoisotopic (exact) mass is 494 g/mol. The summed E-state index contributed by atoms with van der Waals surface area (Å²) < 4.78 is 37.9. The zero-order valence-electron chi connectivity index (χ0n) is 19.1. The third-order valence-corrected chi connectivity index (χ3v) is 7.56. The van der Waals surface area contributed by atoms with E-state index in [0.717, 1.165) is 5.56 Å². The summed E-state index contributed by atoms with van der Waals surface area (Å²) >= 11 is 0. The molecule has 0 radical (unpaired) electrons. The van der Waals surface area contributed by atoms with Crippen molar-refractivity contribution in [2.45, 2.75) is 11.5 Å². The van der Waals surface area contributed by atoms with Gasteiger partial charge in [-0.15, -0.1) is 0 Å². The van der Waals surface area contributed by atoms with Crippen LogP contribution >= 0.6 is 0 Å². The topological polar surface area (TPSA) is 93.2 Å². The van der Waals surface area contributed by atoms with Crippen LogP contribution in [0.25, 0.3) is 0 Å². The molecule has 0 unspecified atom stereocenters. The van der Waals surface area contributed by atoms with Crippen molar-refractivity contribution in [3.05, 3.63) is 96.1 Å². The van der Waals surface area contributed by atoms with Crippen LogP contribution in [-0.2, 0) is 26.2 Å². The number of benzene rings is 3. The molecule has 8 nitrogen and oxygen atoms in total. The first-order valence-electron chi connectivity index (χ1n) is 11.2. The maximum Gasteiger partial charge on any atom is 0.342 e. The number of hydrogen-bond acceptors (Lipinski definition) is 6. The van der Waals surface area contributed by atoms with E-state index in [1.807, 2.05) is 30.3 Å². The minimum atomic E-state index is -3.61. The molecule has 0 bridgehead atoms. The fourth-order valence-electron chi connectivity index (χ4n) is 3.71. The second-order valence-electron chi connectivity index (χ2n) is 7.94. The molecule has 0 saturated carbocycles. The van der Waals surface area contributed by atoms with E-state index in [1.54, 1.807) is 54.6 Å². The van der Waals surface area contributed by atoms with Crippen molar-refractivity contribution >= 4 is 21.9 Å². The summed E-state index contributed by atoms with van der Waals surface area (Å²) in [6.45, 7) is 0.649. The summed E-state index contributed by atoms with van der Waals surface area (Å²) in [5, 5.41) is 0. The minimum Gasteiger partial charge on any atom is -0.488 e. The third-order valence-electron chi connectivity index (χ3n) is 5.64. The van der Waals surface area contributed by atoms with E-state index in [1.165, 1.54) is 9.21 Å². The van der Waals surface area contributed by atoms with Crippen molar-refractivity contribution in [3.8, 4) is 5.75 Å². The Hall–Kier alpha value is -3.69. The molecule has 9 heteroatoms. The lowest BCUT2D eigenvalue weighted by atomic mass is 10.2. The number of hydrogen-bond donors (Lipinski definition) is 0. The molecule has 4 rings (SSSR count). The van der Waals surface area contributed by atoms with Crippen LogP contribution in [-0.4, -0.2) is 62.3 Å². The fourth-order valence-corrected chi connectivity index (χ4v) is 5.16. The fraction of sp³-hybridized carbons (Fsp3) is 0.231. The Kier molecular flexibility index (Phi) is 7.79. The van der Waals surface area contributed by atoms with Gasteiger partial charge in [0, 0.05) is 26.2 Å². The second kappa shape index (κ2) is 11.2. The summed E-state index contributed by atoms with van der Waals surface area (Å²) in [4.78, 5) is 27.0. The van der Waals surface area contributed by atoms with Crippen LogP contribution in [0, 0.1) is 0 Å². The third kappa shape index (κ3) is 6.06. The number of esters is 1. The molecule has 0 atom stereocenters. The van der Waals surface area contributed by atoms with Gasteiger partial charge in [0.15, 0.2) is 6.61 Å². The molecule has 1 heterocycles. The number of nitrogens with zero attached hydrogens (tertiary/aromatic N) is 2. The average Bonchev–Trinajstić information content (AvgIpc) is 2.91. The summed E-state index contributed by atoms with van der Waals surface area (Å²) in [6, 6.07) is 24.5. The van der Waals surface area contributed by atoms with Gasteiger partial charge in [0.05, 0.1) is 4.90 Å². The molecule has 0 spiro atoms. The SMILES string of the molecule is O=C(OCC(=O)N1CCN(S(=O)(=O)c2ccccc2)CC1)c1ccccc1OCc1ccccc1. The zero-order chi connectivity index (χ0) is 24.7. The largest absolute Gasteiger partial charge is 0.488 e. The molecule has 1 saturated heterocycles. The predicted octanol–water partition coefficient (Wildman–Crippen LogP) is 2.96. The Balaban J connectivity index is 1.29. The molecule has 3 aromatic carbocycles. The van der Waals surface area contributed by atoms with E-state index in [0.29, 0.717) is 12.4 Å². The molecule has 0 N–H and O–H groups in total. The predicted molar refractivity (Wildman–Crippen MR) is 129 cm³/mol. The highest BCUT2D eigenvalue weighted by Gasteiger charge is 2.30. The molecule has 1 aliphatic heterocycles. The van der Waals surface area contributed by atoms with E-state index in [4.69, 9.17) is 9.47 Å². The maximum absolute atomic E-state index is 12.8. The highest BCUT2D eigenvalue weighted by Crippen LogP contribution is 2.21. The lowest BCUT2D eigenvalue weighted by Crippen LogP contribution is -2.51. The Bertz CT molecular complexity index is 1260. The molecule has 1 aliphatic rings. The molecule has 35 heavy (non-hydrogen) atoms. The standard InChI is InChI=1S/C26H26N2O6S/c29-25(27-15-17-28(18-16-27)35(31,32)22-11-5-2-6-12-22)20-34-26(30)23-13-7-8-14-24(23)33-19-21-9-3-1-4-10-21/h1-14H,15-20H2. The van der Waals surface area contributed by atoms with Gasteiger partial charge in [0.1, 0.15) is 17.9 Å². The van der Waals surface area contributed by atoms with Gasteiger partial charge in [-0.25, -0.2) is 13.2 Å². The molecule has 182 valence electrons. The van der Waals surface area contributed by atoms with Gasteiger partial charge in [0.25, 0.3) is 5.91 Å². The van der Waals surface area contributed by atoms with Crippen molar-refractivity contribution < 1.29 is 27.5 Å². The molecule has 1 amide bonds. The van der Waals surface area contributed by atoms with Crippen LogP contribution in [0.3, 0.4) is 0 Å². The first-order chi connectivity index (χ1) is 16.9. The van der Waals surface area contributed by atoms with E-state index in [9.17, 15) is 18.0 Å². The molecular formula is C26H26N2O6S. The molecule has 0 aromatic heterocycles. The summed E-state index contributed by atoms with van der Waals surface area (Å²) in [6.07, 6.45) is 0. The number of piperazine rings is 1. The van der Waals surface area contributed by atoms with Crippen molar-refractivity contribution in [3.63, 3.8) is 0 Å². The smallest absolute Gasteiger partial charge is 0.342 e. The molecule has 3 aromatic rings. The highest BCUT2D eigenvalue weighted by molar-refractivity contribution is 7.89. The van der Waals surface area contributed by atoms with Gasteiger partial charge in [-0.2, -0.15) is 4.31 Å². The number of sulfonamides is 1. The van der Waals surface area contributed by atoms with Crippen molar-refractivity contribution in [2.24, 2.45) is 0 Å². The number of carbonyl (C=O) groups excluding carboxylic acids is 2. The molecular weight excluding hydrogens is 468 g/mol. The van der Waals surface area contributed by atoms with E-state index < -0.39 is 22.6 Å². The van der Waals surface area contributed by atoms with Gasteiger partial charge < -0.3 is 14.4 Å². The van der Waals surface area contributed by atoms with Gasteiger partial charge in [-0.1, -0.05) is 60.7 Å². The number of para-hydroxylation sites is 1. The van der Waals surface area contributed by atoms with Crippen LogP contribution in [0.5, 0.6) is 5.75 Å². The van der Waals surface area contributed by atoms with E-state index in [2.05, 4.69) is 0 Å². The zero-order valence-corrected chi connectivity index (χ0v) is 19.9. The first kappa shape index (κ1) is 24.4. The Labute approximate surface area is 204 Å². The van der Waals surface area contributed by atoms with Crippen molar-refractivity contribution in [1.29, 1.82) is 0 Å². The van der Waals surface area contributed by atoms with E-state index in [-0.39, 0.29) is 42.5 Å². The van der Waals surface area contributed by atoms with Crippen LogP contribution in [0.1, 0.15) is 15.9 Å². The van der Waals surface area contributed by atoms with Crippen LogP contribution in [0.2, 0.25) is 0 Å². The average molecular weight is 495 g/mol. The second-order valence-corrected chi connectivity index (χ2v) is 9.88. The lowest BCUT2D eigenvalue weighted by Gasteiger charge is -2.33. The van der Waals surface area contributed by atoms with Crippen molar-refractivity contribution in [2.75, 3.05) is 32.8 Å². The van der Waals surface area contributed by atoms with E-state index >= 15 is 0 Å². The number of amides is 1. The maximum atomic E-state index is 12.8. The van der Waals surface area contributed by atoms with Gasteiger partial charge >= 0.3 is 5.97 Å². The quantitative estimate of drug-likeness (QED) is 0.447. The van der Waals surface area contributed by atoms with Crippen LogP contribution < -0.4 is 4.74 Å². The Morgan fingerprint density at radius 2 is 1.37 bits per heavy atom. The number of ether oxygens (including phenoxy) is 2. The molecule has 0 aliphatic carbocycles. The van der Waals surface area contributed by atoms with Gasteiger partial charge in [0.2, 0.25) is 10.0 Å². The molecule has 1 fully saturated rings. The Morgan fingerprint density at radius 3 is 2.06 bits per heavy atom. The normalized spacial score (nSPS) is 14.3. The van der Waals surface area contributed by atoms with Crippen molar-refractivity contribution in [1.82, 2.24) is 9.21 Å². The first-order valence-corrected chi connectivity index (χ1v) is 12.6. The minimum absolute atomic E-state index is 0.174. The van der Waals surface area contributed by atoms with Gasteiger partial charge in [-0.3, -0.25) is 4.79 Å². The summed E-state index contributed by atoms with van der Waals surface area (Å²) in [5.74, 6) is -0.668. The highest BCUT2D eigenvalue weighted by atomic mass is 32.2.